The number of nitrogens with zero attached hydrogens (tertiary/aromatic N) is 1. The Bertz CT molecular complexity index is 377. The van der Waals surface area contributed by atoms with Gasteiger partial charge in [-0.3, -0.25) is 0 Å². The van der Waals surface area contributed by atoms with Crippen molar-refractivity contribution >= 4 is 6.08 Å². The normalized spacial score (nSPS) is 10.3. The van der Waals surface area contributed by atoms with Gasteiger partial charge in [-0.05, 0) is 24.7 Å². The smallest absolute Gasteiger partial charge is 0.133 e. The van der Waals surface area contributed by atoms with E-state index < -0.39 is 0 Å². The Kier molecular flexibility index (Phi) is 3.71. The van der Waals surface area contributed by atoms with E-state index >= 15 is 0 Å². The fraction of sp³-hybridized carbons (Fsp3) is 0.182. The number of nitriles is 1. The van der Waals surface area contributed by atoms with Crippen LogP contribution in [0.4, 0.5) is 0 Å². The van der Waals surface area contributed by atoms with Gasteiger partial charge in [0, 0.05) is 6.54 Å². The van der Waals surface area contributed by atoms with Crippen molar-refractivity contribution in [2.24, 2.45) is 0 Å². The van der Waals surface area contributed by atoms with E-state index in [0.29, 0.717) is 5.56 Å². The van der Waals surface area contributed by atoms with Crippen molar-refractivity contribution in [2.45, 2.75) is 0 Å². The van der Waals surface area contributed by atoms with Crippen LogP contribution in [0.2, 0.25) is 0 Å². The average molecular weight is 188 g/mol. The molecule has 0 bridgehead atoms. The van der Waals surface area contributed by atoms with E-state index in [0.717, 1.165) is 12.1 Å². The molecule has 72 valence electrons. The van der Waals surface area contributed by atoms with Crippen LogP contribution in [0, 0.1) is 11.3 Å². The third kappa shape index (κ3) is 2.61. The number of rotatable bonds is 3. The molecule has 0 aliphatic heterocycles. The molecular formula is C11H12N2O. The zero-order valence-corrected chi connectivity index (χ0v) is 7.99. The standard InChI is InChI=1S/C11H12N2O/c1-13-6-2-3-9-4-5-11(14)10(7-9)8-12/h2-5,7,13-14H,6H2,1H3. The maximum absolute atomic E-state index is 9.25. The Morgan fingerprint density at radius 3 is 3.00 bits per heavy atom. The van der Waals surface area contributed by atoms with E-state index in [-0.39, 0.29) is 5.75 Å². The average Bonchev–Trinajstić information content (AvgIpc) is 2.21. The van der Waals surface area contributed by atoms with E-state index in [1.807, 2.05) is 25.3 Å². The molecule has 1 aromatic rings. The monoisotopic (exact) mass is 188 g/mol. The van der Waals surface area contributed by atoms with Crippen LogP contribution < -0.4 is 5.32 Å². The Morgan fingerprint density at radius 1 is 1.57 bits per heavy atom. The number of benzene rings is 1. The van der Waals surface area contributed by atoms with Gasteiger partial charge in [-0.2, -0.15) is 5.26 Å². The van der Waals surface area contributed by atoms with E-state index in [9.17, 15) is 5.11 Å². The molecule has 0 aromatic heterocycles. The molecule has 0 fully saturated rings. The number of phenols is 1. The van der Waals surface area contributed by atoms with Crippen molar-refractivity contribution < 1.29 is 5.11 Å². The Balaban J connectivity index is 2.86. The first-order valence-corrected chi connectivity index (χ1v) is 4.32. The SMILES string of the molecule is CNCC=Cc1ccc(O)c(C#N)c1. The molecule has 0 aliphatic carbocycles. The summed E-state index contributed by atoms with van der Waals surface area (Å²) in [5.74, 6) is 0.0262. The first-order chi connectivity index (χ1) is 6.77. The molecule has 0 radical (unpaired) electrons. The minimum atomic E-state index is 0.0262. The van der Waals surface area contributed by atoms with E-state index in [2.05, 4.69) is 5.32 Å². The van der Waals surface area contributed by atoms with Gasteiger partial charge in [-0.1, -0.05) is 18.2 Å². The zero-order chi connectivity index (χ0) is 10.4. The third-order valence-electron chi connectivity index (χ3n) is 1.77. The highest BCUT2D eigenvalue weighted by Crippen LogP contribution is 2.17. The highest BCUT2D eigenvalue weighted by Gasteiger charge is 1.98. The van der Waals surface area contributed by atoms with E-state index in [1.165, 1.54) is 6.07 Å². The highest BCUT2D eigenvalue weighted by molar-refractivity contribution is 5.56. The molecular weight excluding hydrogens is 176 g/mol. The van der Waals surface area contributed by atoms with Gasteiger partial charge in [0.1, 0.15) is 11.8 Å². The number of phenolic OH excluding ortho intramolecular Hbond substituents is 1. The number of nitrogens with one attached hydrogen (secondary N) is 1. The molecule has 0 amide bonds. The molecule has 3 heteroatoms. The number of aromatic hydroxyl groups is 1. The largest absolute Gasteiger partial charge is 0.507 e. The maximum Gasteiger partial charge on any atom is 0.133 e. The van der Waals surface area contributed by atoms with Crippen LogP contribution in [-0.2, 0) is 0 Å². The molecule has 0 atom stereocenters. The summed E-state index contributed by atoms with van der Waals surface area (Å²) in [6, 6.07) is 6.87. The number of hydrogen-bond donors (Lipinski definition) is 2. The minimum absolute atomic E-state index is 0.0262. The van der Waals surface area contributed by atoms with Gasteiger partial charge in [0.15, 0.2) is 0 Å². The van der Waals surface area contributed by atoms with Gasteiger partial charge in [0.25, 0.3) is 0 Å². The van der Waals surface area contributed by atoms with Crippen LogP contribution >= 0.6 is 0 Å². The Hall–Kier alpha value is -1.79. The second kappa shape index (κ2) is 5.05. The fourth-order valence-corrected chi connectivity index (χ4v) is 1.06. The first-order valence-electron chi connectivity index (χ1n) is 4.32. The molecule has 0 spiro atoms. The van der Waals surface area contributed by atoms with Gasteiger partial charge >= 0.3 is 0 Å². The molecule has 0 heterocycles. The van der Waals surface area contributed by atoms with Crippen LogP contribution in [0.25, 0.3) is 6.08 Å². The summed E-state index contributed by atoms with van der Waals surface area (Å²) in [5.41, 5.74) is 1.21. The van der Waals surface area contributed by atoms with Crippen molar-refractivity contribution in [1.82, 2.24) is 5.32 Å². The summed E-state index contributed by atoms with van der Waals surface area (Å²) in [4.78, 5) is 0. The molecule has 0 saturated heterocycles. The summed E-state index contributed by atoms with van der Waals surface area (Å²) in [6.07, 6.45) is 3.85. The number of likely N-dealkylation sites (N-methyl/N-ethyl adjacent to an activating group) is 1. The Labute approximate surface area is 83.3 Å². The second-order valence-corrected chi connectivity index (χ2v) is 2.85. The summed E-state index contributed by atoms with van der Waals surface area (Å²) < 4.78 is 0. The van der Waals surface area contributed by atoms with Crippen LogP contribution in [-0.4, -0.2) is 18.7 Å². The maximum atomic E-state index is 9.25. The predicted molar refractivity (Wildman–Crippen MR) is 55.8 cm³/mol. The minimum Gasteiger partial charge on any atom is -0.507 e. The van der Waals surface area contributed by atoms with E-state index in [1.54, 1.807) is 12.1 Å². The van der Waals surface area contributed by atoms with Crippen molar-refractivity contribution in [3.63, 3.8) is 0 Å². The summed E-state index contributed by atoms with van der Waals surface area (Å²) >= 11 is 0. The van der Waals surface area contributed by atoms with Crippen LogP contribution in [0.15, 0.2) is 24.3 Å². The topological polar surface area (TPSA) is 56.0 Å². The van der Waals surface area contributed by atoms with Crippen molar-refractivity contribution in [1.29, 1.82) is 5.26 Å². The summed E-state index contributed by atoms with van der Waals surface area (Å²) in [7, 11) is 1.86. The molecule has 3 nitrogen and oxygen atoms in total. The molecule has 1 rings (SSSR count). The van der Waals surface area contributed by atoms with Gasteiger partial charge in [0.2, 0.25) is 0 Å². The lowest BCUT2D eigenvalue weighted by atomic mass is 10.1. The predicted octanol–water partition coefficient (Wildman–Crippen LogP) is 1.50. The second-order valence-electron chi connectivity index (χ2n) is 2.85. The van der Waals surface area contributed by atoms with Crippen LogP contribution in [0.5, 0.6) is 5.75 Å². The molecule has 0 aliphatic rings. The fourth-order valence-electron chi connectivity index (χ4n) is 1.06. The molecule has 1 aromatic carbocycles. The van der Waals surface area contributed by atoms with Crippen molar-refractivity contribution in [3.05, 3.63) is 35.4 Å². The molecule has 14 heavy (non-hydrogen) atoms. The van der Waals surface area contributed by atoms with Crippen LogP contribution in [0.1, 0.15) is 11.1 Å². The summed E-state index contributed by atoms with van der Waals surface area (Å²) in [5, 5.41) is 20.9. The third-order valence-corrected chi connectivity index (χ3v) is 1.77. The van der Waals surface area contributed by atoms with Crippen molar-refractivity contribution in [2.75, 3.05) is 13.6 Å². The van der Waals surface area contributed by atoms with Gasteiger partial charge in [0.05, 0.1) is 5.56 Å². The van der Waals surface area contributed by atoms with Crippen LogP contribution in [0.3, 0.4) is 0 Å². The lowest BCUT2D eigenvalue weighted by molar-refractivity contribution is 0.473. The lowest BCUT2D eigenvalue weighted by Gasteiger charge is -1.97. The molecule has 0 unspecified atom stereocenters. The molecule has 0 saturated carbocycles. The van der Waals surface area contributed by atoms with Gasteiger partial charge in [-0.15, -0.1) is 0 Å². The quantitative estimate of drug-likeness (QED) is 0.755. The molecule has 2 N–H and O–H groups in total. The summed E-state index contributed by atoms with van der Waals surface area (Å²) in [6.45, 7) is 0.781. The first kappa shape index (κ1) is 10.3. The Morgan fingerprint density at radius 2 is 2.36 bits per heavy atom. The highest BCUT2D eigenvalue weighted by atomic mass is 16.3. The lowest BCUT2D eigenvalue weighted by Crippen LogP contribution is -2.03. The van der Waals surface area contributed by atoms with Crippen molar-refractivity contribution in [3.8, 4) is 11.8 Å². The van der Waals surface area contributed by atoms with E-state index in [4.69, 9.17) is 5.26 Å². The van der Waals surface area contributed by atoms with Gasteiger partial charge in [-0.25, -0.2) is 0 Å². The van der Waals surface area contributed by atoms with Gasteiger partial charge < -0.3 is 10.4 Å². The number of hydrogen-bond acceptors (Lipinski definition) is 3. The zero-order valence-electron chi connectivity index (χ0n) is 7.99.